The number of rotatable bonds is 4. The second kappa shape index (κ2) is 6.74. The van der Waals surface area contributed by atoms with Crippen LogP contribution in [0.2, 0.25) is 0 Å². The Bertz CT molecular complexity index is 802. The first-order chi connectivity index (χ1) is 11.5. The molecule has 0 radical (unpaired) electrons. The smallest absolute Gasteiger partial charge is 0.266 e. The highest BCUT2D eigenvalue weighted by Crippen LogP contribution is 2.33. The van der Waals surface area contributed by atoms with Gasteiger partial charge in [-0.1, -0.05) is 12.1 Å². The van der Waals surface area contributed by atoms with Crippen molar-refractivity contribution in [1.82, 2.24) is 15.1 Å². The molecule has 0 spiro atoms. The van der Waals surface area contributed by atoms with Gasteiger partial charge in [-0.2, -0.15) is 5.10 Å². The zero-order chi connectivity index (χ0) is 17.1. The van der Waals surface area contributed by atoms with E-state index in [0.29, 0.717) is 18.0 Å². The van der Waals surface area contributed by atoms with Gasteiger partial charge in [0.2, 0.25) is 6.10 Å². The van der Waals surface area contributed by atoms with Crippen LogP contribution in [-0.2, 0) is 11.3 Å². The van der Waals surface area contributed by atoms with Crippen molar-refractivity contribution < 1.29 is 14.3 Å². The molecule has 2 aromatic rings. The average molecular weight is 329 g/mol. The molecule has 1 N–H and O–H groups in total. The first-order valence-electron chi connectivity index (χ1n) is 7.79. The summed E-state index contributed by atoms with van der Waals surface area (Å²) in [6.45, 7) is 4.17. The Balaban J connectivity index is 1.59. The number of amides is 1. The van der Waals surface area contributed by atoms with Gasteiger partial charge in [-0.15, -0.1) is 0 Å². The van der Waals surface area contributed by atoms with Crippen LogP contribution in [0.15, 0.2) is 41.2 Å². The Kier molecular flexibility index (Phi) is 4.50. The first kappa shape index (κ1) is 16.0. The van der Waals surface area contributed by atoms with E-state index in [4.69, 9.17) is 9.47 Å². The van der Waals surface area contributed by atoms with E-state index in [1.54, 1.807) is 32.0 Å². The van der Waals surface area contributed by atoms with Crippen molar-refractivity contribution in [2.75, 3.05) is 6.54 Å². The van der Waals surface area contributed by atoms with Crippen LogP contribution >= 0.6 is 0 Å². The summed E-state index contributed by atoms with van der Waals surface area (Å²) in [7, 11) is 0. The van der Waals surface area contributed by atoms with Crippen molar-refractivity contribution in [3.05, 3.63) is 52.4 Å². The van der Waals surface area contributed by atoms with Crippen LogP contribution < -0.4 is 20.3 Å². The highest BCUT2D eigenvalue weighted by molar-refractivity contribution is 5.82. The molecule has 2 heterocycles. The number of aryl methyl sites for hydroxylation is 1. The number of nitrogens with one attached hydrogen (secondary N) is 1. The summed E-state index contributed by atoms with van der Waals surface area (Å²) in [5.41, 5.74) is 0.546. The maximum atomic E-state index is 12.3. The van der Waals surface area contributed by atoms with Crippen LogP contribution in [0.5, 0.6) is 11.5 Å². The molecule has 0 bridgehead atoms. The lowest BCUT2D eigenvalue weighted by atomic mass is 10.1. The van der Waals surface area contributed by atoms with Gasteiger partial charge in [0.05, 0.1) is 12.2 Å². The molecule has 3 rings (SSSR count). The number of aromatic nitrogens is 2. The summed E-state index contributed by atoms with van der Waals surface area (Å²) in [6, 6.07) is 10.4. The topological polar surface area (TPSA) is 82.5 Å². The Labute approximate surface area is 139 Å². The molecule has 7 heteroatoms. The van der Waals surface area contributed by atoms with E-state index in [-0.39, 0.29) is 18.0 Å². The summed E-state index contributed by atoms with van der Waals surface area (Å²) in [5, 5.41) is 6.89. The lowest BCUT2D eigenvalue weighted by molar-refractivity contribution is -0.133. The number of carbonyl (C=O) groups is 1. The van der Waals surface area contributed by atoms with Gasteiger partial charge < -0.3 is 14.8 Å². The summed E-state index contributed by atoms with van der Waals surface area (Å²) < 4.78 is 12.8. The molecule has 1 aliphatic heterocycles. The van der Waals surface area contributed by atoms with Crippen molar-refractivity contribution in [3.8, 4) is 11.5 Å². The number of benzene rings is 1. The zero-order valence-corrected chi connectivity index (χ0v) is 13.6. The third-order valence-corrected chi connectivity index (χ3v) is 3.72. The molecule has 126 valence electrons. The Hall–Kier alpha value is -2.83. The summed E-state index contributed by atoms with van der Waals surface area (Å²) in [4.78, 5) is 24.0. The monoisotopic (exact) mass is 329 g/mol. The fourth-order valence-corrected chi connectivity index (χ4v) is 2.50. The highest BCUT2D eigenvalue weighted by atomic mass is 16.6. The van der Waals surface area contributed by atoms with Crippen molar-refractivity contribution >= 4 is 5.91 Å². The van der Waals surface area contributed by atoms with Crippen LogP contribution in [0.1, 0.15) is 12.6 Å². The van der Waals surface area contributed by atoms with Gasteiger partial charge in [-0.05, 0) is 32.0 Å². The van der Waals surface area contributed by atoms with Crippen LogP contribution in [-0.4, -0.2) is 34.4 Å². The van der Waals surface area contributed by atoms with Crippen molar-refractivity contribution in [3.63, 3.8) is 0 Å². The number of ether oxygens (including phenoxy) is 2. The van der Waals surface area contributed by atoms with Gasteiger partial charge >= 0.3 is 0 Å². The third-order valence-electron chi connectivity index (χ3n) is 3.72. The van der Waals surface area contributed by atoms with Gasteiger partial charge in [0.1, 0.15) is 6.10 Å². The maximum absolute atomic E-state index is 12.3. The van der Waals surface area contributed by atoms with Gasteiger partial charge in [0.15, 0.2) is 11.5 Å². The zero-order valence-electron chi connectivity index (χ0n) is 13.6. The molecule has 24 heavy (non-hydrogen) atoms. The molecule has 0 saturated heterocycles. The van der Waals surface area contributed by atoms with E-state index in [2.05, 4.69) is 10.4 Å². The van der Waals surface area contributed by atoms with Gasteiger partial charge in [-0.25, -0.2) is 4.68 Å². The van der Waals surface area contributed by atoms with Gasteiger partial charge in [-0.3, -0.25) is 9.59 Å². The standard InChI is InChI=1S/C17H19N3O4/c1-11-7-8-15(21)20(19-11)10-9-18-17(22)16-12(2)23-13-5-3-4-6-14(13)24-16/h3-8,12,16H,9-10H2,1-2H3,(H,18,22). The SMILES string of the molecule is Cc1ccc(=O)n(CCNC(=O)C2Oc3ccccc3OC2C)n1. The molecular formula is C17H19N3O4. The molecule has 1 aromatic heterocycles. The predicted octanol–water partition coefficient (Wildman–Crippen LogP) is 0.896. The second-order valence-corrected chi connectivity index (χ2v) is 5.64. The molecule has 1 aliphatic rings. The summed E-state index contributed by atoms with van der Waals surface area (Å²) >= 11 is 0. The van der Waals surface area contributed by atoms with Crippen LogP contribution in [0.25, 0.3) is 0 Å². The predicted molar refractivity (Wildman–Crippen MR) is 87.2 cm³/mol. The van der Waals surface area contributed by atoms with Crippen molar-refractivity contribution in [2.24, 2.45) is 0 Å². The molecule has 2 unspecified atom stereocenters. The number of hydrogen-bond donors (Lipinski definition) is 1. The maximum Gasteiger partial charge on any atom is 0.266 e. The third kappa shape index (κ3) is 3.40. The fourth-order valence-electron chi connectivity index (χ4n) is 2.50. The number of carbonyl (C=O) groups excluding carboxylic acids is 1. The summed E-state index contributed by atoms with van der Waals surface area (Å²) in [5.74, 6) is 0.898. The number of fused-ring (bicyclic) bond motifs is 1. The Morgan fingerprint density at radius 3 is 2.67 bits per heavy atom. The molecular weight excluding hydrogens is 310 g/mol. The molecule has 0 fully saturated rings. The number of para-hydroxylation sites is 2. The Morgan fingerprint density at radius 2 is 1.92 bits per heavy atom. The summed E-state index contributed by atoms with van der Waals surface area (Å²) in [6.07, 6.45) is -1.14. The first-order valence-corrected chi connectivity index (χ1v) is 7.79. The van der Waals surface area contributed by atoms with Gasteiger partial charge in [0.25, 0.3) is 11.5 Å². The second-order valence-electron chi connectivity index (χ2n) is 5.64. The molecule has 0 saturated carbocycles. The lowest BCUT2D eigenvalue weighted by Gasteiger charge is -2.31. The van der Waals surface area contributed by atoms with E-state index in [9.17, 15) is 9.59 Å². The van der Waals surface area contributed by atoms with E-state index >= 15 is 0 Å². The van der Waals surface area contributed by atoms with Crippen molar-refractivity contribution in [1.29, 1.82) is 0 Å². The van der Waals surface area contributed by atoms with Crippen molar-refractivity contribution in [2.45, 2.75) is 32.6 Å². The van der Waals surface area contributed by atoms with Crippen LogP contribution in [0, 0.1) is 6.92 Å². The highest BCUT2D eigenvalue weighted by Gasteiger charge is 2.33. The quantitative estimate of drug-likeness (QED) is 0.901. The van der Waals surface area contributed by atoms with E-state index in [1.165, 1.54) is 10.7 Å². The van der Waals surface area contributed by atoms with E-state index in [1.807, 2.05) is 12.1 Å². The van der Waals surface area contributed by atoms with Crippen LogP contribution in [0.4, 0.5) is 0 Å². The normalized spacial score (nSPS) is 18.9. The van der Waals surface area contributed by atoms with Crippen LogP contribution in [0.3, 0.4) is 0 Å². The van der Waals surface area contributed by atoms with E-state index in [0.717, 1.165) is 5.69 Å². The average Bonchev–Trinajstić information content (AvgIpc) is 2.57. The lowest BCUT2D eigenvalue weighted by Crippen LogP contribution is -2.49. The number of nitrogens with zero attached hydrogens (tertiary/aromatic N) is 2. The minimum atomic E-state index is -0.734. The molecule has 1 amide bonds. The minimum absolute atomic E-state index is 0.200. The largest absolute Gasteiger partial charge is 0.482 e. The Morgan fingerprint density at radius 1 is 1.21 bits per heavy atom. The minimum Gasteiger partial charge on any atom is -0.482 e. The number of hydrogen-bond acceptors (Lipinski definition) is 5. The van der Waals surface area contributed by atoms with E-state index < -0.39 is 12.2 Å². The molecule has 7 nitrogen and oxygen atoms in total. The van der Waals surface area contributed by atoms with Gasteiger partial charge in [0, 0.05) is 12.6 Å². The molecule has 2 atom stereocenters. The fraction of sp³-hybridized carbons (Fsp3) is 0.353. The molecule has 0 aliphatic carbocycles. The molecule has 1 aromatic carbocycles.